The number of amides is 1. The second kappa shape index (κ2) is 4.94. The molecule has 1 saturated carbocycles. The summed E-state index contributed by atoms with van der Waals surface area (Å²) in [5, 5.41) is 12.8. The molecule has 1 fully saturated rings. The number of aromatic amines is 1. The molecule has 3 N–H and O–H groups in total. The van der Waals surface area contributed by atoms with E-state index in [1.807, 2.05) is 0 Å². The Kier molecular flexibility index (Phi) is 3.70. The summed E-state index contributed by atoms with van der Waals surface area (Å²) < 4.78 is 0. The predicted octanol–water partition coefficient (Wildman–Crippen LogP) is 1.24. The van der Waals surface area contributed by atoms with Crippen LogP contribution >= 0.6 is 0 Å². The van der Waals surface area contributed by atoms with Crippen molar-refractivity contribution in [3.8, 4) is 0 Å². The van der Waals surface area contributed by atoms with E-state index in [0.717, 1.165) is 12.8 Å². The maximum atomic E-state index is 12.4. The van der Waals surface area contributed by atoms with Gasteiger partial charge in [0.2, 0.25) is 0 Å². The van der Waals surface area contributed by atoms with Gasteiger partial charge in [0.15, 0.2) is 0 Å². The van der Waals surface area contributed by atoms with Crippen LogP contribution in [-0.2, 0) is 0 Å². The first-order valence-electron chi connectivity index (χ1n) is 7.18. The number of carbonyl (C=O) groups is 1. The highest BCUT2D eigenvalue weighted by molar-refractivity contribution is 5.95. The van der Waals surface area contributed by atoms with Gasteiger partial charge in [-0.05, 0) is 47.5 Å². The van der Waals surface area contributed by atoms with Crippen LogP contribution in [0.3, 0.4) is 0 Å². The van der Waals surface area contributed by atoms with Crippen molar-refractivity contribution in [2.45, 2.75) is 64.5 Å². The topological polar surface area (TPSA) is 95.1 Å². The van der Waals surface area contributed by atoms with Gasteiger partial charge in [0.05, 0.1) is 16.8 Å². The fourth-order valence-corrected chi connectivity index (χ4v) is 1.92. The Morgan fingerprint density at radius 3 is 2.33 bits per heavy atom. The van der Waals surface area contributed by atoms with Crippen LogP contribution in [0.2, 0.25) is 0 Å². The van der Waals surface area contributed by atoms with Gasteiger partial charge in [-0.2, -0.15) is 0 Å². The largest absolute Gasteiger partial charge is 0.388 e. The highest BCUT2D eigenvalue weighted by Crippen LogP contribution is 2.37. The zero-order chi connectivity index (χ0) is 16.0. The normalized spacial score (nSPS) is 15.9. The molecular formula is C15H23N3O3. The molecule has 1 aliphatic rings. The minimum Gasteiger partial charge on any atom is -0.388 e. The third kappa shape index (κ3) is 3.15. The SMILES string of the molecule is Cc1nc(C2CC2)[nH]c(=O)c1C(=O)NC(C)(C)C(C)(C)O. The molecule has 6 nitrogen and oxygen atoms in total. The molecule has 1 aromatic rings. The number of hydrogen-bond donors (Lipinski definition) is 3. The molecule has 0 saturated heterocycles. The van der Waals surface area contributed by atoms with Crippen molar-refractivity contribution < 1.29 is 9.90 Å². The standard InChI is InChI=1S/C15H23N3O3/c1-8-10(12(19)17-11(16-8)9-6-7-9)13(20)18-14(2,3)15(4,5)21/h9,21H,6-7H2,1-5H3,(H,18,20)(H,16,17,19). The molecule has 2 rings (SSSR count). The second-order valence-corrected chi connectivity index (χ2v) is 6.82. The zero-order valence-electron chi connectivity index (χ0n) is 13.2. The Hall–Kier alpha value is -1.69. The first-order chi connectivity index (χ1) is 9.53. The number of carbonyl (C=O) groups excluding carboxylic acids is 1. The average molecular weight is 293 g/mol. The first-order valence-corrected chi connectivity index (χ1v) is 7.18. The van der Waals surface area contributed by atoms with Gasteiger partial charge in [-0.25, -0.2) is 4.98 Å². The molecule has 1 aliphatic carbocycles. The van der Waals surface area contributed by atoms with Crippen LogP contribution in [0.25, 0.3) is 0 Å². The quantitative estimate of drug-likeness (QED) is 0.778. The van der Waals surface area contributed by atoms with Crippen molar-refractivity contribution >= 4 is 5.91 Å². The number of aliphatic hydroxyl groups is 1. The number of rotatable bonds is 4. The van der Waals surface area contributed by atoms with Gasteiger partial charge in [-0.1, -0.05) is 0 Å². The number of hydrogen-bond acceptors (Lipinski definition) is 4. The molecule has 0 bridgehead atoms. The maximum Gasteiger partial charge on any atom is 0.264 e. The second-order valence-electron chi connectivity index (χ2n) is 6.82. The highest BCUT2D eigenvalue weighted by atomic mass is 16.3. The smallest absolute Gasteiger partial charge is 0.264 e. The molecule has 0 aliphatic heterocycles. The van der Waals surface area contributed by atoms with Crippen LogP contribution in [0, 0.1) is 6.92 Å². The van der Waals surface area contributed by atoms with Crippen molar-refractivity contribution in [1.29, 1.82) is 0 Å². The maximum absolute atomic E-state index is 12.4. The van der Waals surface area contributed by atoms with Gasteiger partial charge in [0, 0.05) is 5.92 Å². The summed E-state index contributed by atoms with van der Waals surface area (Å²) in [6.07, 6.45) is 2.05. The lowest BCUT2D eigenvalue weighted by molar-refractivity contribution is -0.00298. The minimum atomic E-state index is -1.12. The summed E-state index contributed by atoms with van der Waals surface area (Å²) in [5.74, 6) is 0.466. The van der Waals surface area contributed by atoms with Crippen molar-refractivity contribution in [1.82, 2.24) is 15.3 Å². The van der Waals surface area contributed by atoms with Gasteiger partial charge < -0.3 is 15.4 Å². The minimum absolute atomic E-state index is 0.0109. The van der Waals surface area contributed by atoms with Gasteiger partial charge in [0.1, 0.15) is 11.4 Å². The predicted molar refractivity (Wildman–Crippen MR) is 79.4 cm³/mol. The molecule has 0 aromatic carbocycles. The Bertz CT molecular complexity index is 622. The van der Waals surface area contributed by atoms with E-state index < -0.39 is 22.6 Å². The Morgan fingerprint density at radius 1 is 1.33 bits per heavy atom. The first kappa shape index (κ1) is 15.7. The molecule has 116 valence electrons. The lowest BCUT2D eigenvalue weighted by atomic mass is 9.85. The lowest BCUT2D eigenvalue weighted by Crippen LogP contribution is -2.58. The molecule has 6 heteroatoms. The number of aryl methyl sites for hydroxylation is 1. The monoisotopic (exact) mass is 293 g/mol. The van der Waals surface area contributed by atoms with Crippen LogP contribution in [0.5, 0.6) is 0 Å². The van der Waals surface area contributed by atoms with Crippen LogP contribution < -0.4 is 10.9 Å². The van der Waals surface area contributed by atoms with Crippen molar-refractivity contribution in [3.05, 3.63) is 27.4 Å². The number of nitrogens with one attached hydrogen (secondary N) is 2. The molecule has 1 heterocycles. The fourth-order valence-electron chi connectivity index (χ4n) is 1.92. The van der Waals surface area contributed by atoms with Crippen LogP contribution in [0.1, 0.15) is 68.3 Å². The molecular weight excluding hydrogens is 270 g/mol. The van der Waals surface area contributed by atoms with Crippen molar-refractivity contribution in [2.24, 2.45) is 0 Å². The van der Waals surface area contributed by atoms with Crippen LogP contribution in [0.15, 0.2) is 4.79 Å². The van der Waals surface area contributed by atoms with E-state index in [2.05, 4.69) is 15.3 Å². The van der Waals surface area contributed by atoms with E-state index in [1.165, 1.54) is 0 Å². The molecule has 21 heavy (non-hydrogen) atoms. The van der Waals surface area contributed by atoms with Crippen LogP contribution in [-0.4, -0.2) is 32.1 Å². The average Bonchev–Trinajstić information content (AvgIpc) is 3.08. The third-order valence-electron chi connectivity index (χ3n) is 4.27. The summed E-state index contributed by atoms with van der Waals surface area (Å²) in [5.41, 5.74) is -1.99. The number of nitrogens with zero attached hydrogens (tertiary/aromatic N) is 1. The van der Waals surface area contributed by atoms with E-state index in [1.54, 1.807) is 34.6 Å². The van der Waals surface area contributed by atoms with Crippen molar-refractivity contribution in [3.63, 3.8) is 0 Å². The Morgan fingerprint density at radius 2 is 1.90 bits per heavy atom. The Balaban J connectivity index is 2.30. The summed E-state index contributed by atoms with van der Waals surface area (Å²) >= 11 is 0. The molecule has 0 spiro atoms. The summed E-state index contributed by atoms with van der Waals surface area (Å²) in [6.45, 7) is 8.30. The van der Waals surface area contributed by atoms with Crippen molar-refractivity contribution in [2.75, 3.05) is 0 Å². The zero-order valence-corrected chi connectivity index (χ0v) is 13.2. The summed E-state index contributed by atoms with van der Waals surface area (Å²) in [4.78, 5) is 31.5. The molecule has 0 unspecified atom stereocenters. The fraction of sp³-hybridized carbons (Fsp3) is 0.667. The van der Waals surface area contributed by atoms with E-state index in [-0.39, 0.29) is 5.56 Å². The summed E-state index contributed by atoms with van der Waals surface area (Å²) in [7, 11) is 0. The lowest BCUT2D eigenvalue weighted by Gasteiger charge is -2.37. The molecule has 1 aromatic heterocycles. The Labute approximate surface area is 124 Å². The third-order valence-corrected chi connectivity index (χ3v) is 4.27. The molecule has 0 atom stereocenters. The van der Waals surface area contributed by atoms with Gasteiger partial charge in [-0.3, -0.25) is 9.59 Å². The summed E-state index contributed by atoms with van der Waals surface area (Å²) in [6, 6.07) is 0. The number of aromatic nitrogens is 2. The van der Waals surface area contributed by atoms with E-state index in [0.29, 0.717) is 17.4 Å². The van der Waals surface area contributed by atoms with Gasteiger partial charge in [-0.15, -0.1) is 0 Å². The van der Waals surface area contributed by atoms with Crippen LogP contribution in [0.4, 0.5) is 0 Å². The van der Waals surface area contributed by atoms with Gasteiger partial charge >= 0.3 is 0 Å². The van der Waals surface area contributed by atoms with Gasteiger partial charge in [0.25, 0.3) is 11.5 Å². The molecule has 0 radical (unpaired) electrons. The van der Waals surface area contributed by atoms with E-state index >= 15 is 0 Å². The number of H-pyrrole nitrogens is 1. The highest BCUT2D eigenvalue weighted by Gasteiger charge is 2.37. The van der Waals surface area contributed by atoms with E-state index in [4.69, 9.17) is 0 Å². The molecule has 1 amide bonds. The van der Waals surface area contributed by atoms with E-state index in [9.17, 15) is 14.7 Å².